The summed E-state index contributed by atoms with van der Waals surface area (Å²) in [6.07, 6.45) is -1.59. The molecule has 0 amide bonds. The van der Waals surface area contributed by atoms with Gasteiger partial charge in [0, 0.05) is 6.42 Å². The third-order valence-electron chi connectivity index (χ3n) is 4.14. The van der Waals surface area contributed by atoms with Crippen LogP contribution in [0, 0.1) is 5.92 Å². The third kappa shape index (κ3) is 2.18. The van der Waals surface area contributed by atoms with Crippen molar-refractivity contribution >= 4 is 5.78 Å². The minimum absolute atomic E-state index is 0.0308. The Kier molecular flexibility index (Phi) is 2.94. The molecule has 5 atom stereocenters. The van der Waals surface area contributed by atoms with Crippen LogP contribution in [-0.2, 0) is 14.3 Å². The highest BCUT2D eigenvalue weighted by atomic mass is 16.6. The summed E-state index contributed by atoms with van der Waals surface area (Å²) in [5.74, 6) is -1.37. The van der Waals surface area contributed by atoms with E-state index in [4.69, 9.17) is 9.47 Å². The Hall–Kier alpha value is -0.950. The quantitative estimate of drug-likeness (QED) is 0.547. The Labute approximate surface area is 110 Å². The second kappa shape index (κ2) is 4.28. The molecule has 6 nitrogen and oxygen atoms in total. The van der Waals surface area contributed by atoms with Gasteiger partial charge in [0.05, 0.1) is 36.7 Å². The molecule has 0 aromatic rings. The monoisotopic (exact) mass is 270 g/mol. The molecule has 5 unspecified atom stereocenters. The van der Waals surface area contributed by atoms with Crippen LogP contribution in [0.3, 0.4) is 0 Å². The summed E-state index contributed by atoms with van der Waals surface area (Å²) in [4.78, 5) is 12.4. The predicted molar refractivity (Wildman–Crippen MR) is 62.8 cm³/mol. The normalized spacial score (nSPS) is 46.4. The lowest BCUT2D eigenvalue weighted by atomic mass is 9.76. The smallest absolute Gasteiger partial charge is 0.171 e. The first kappa shape index (κ1) is 13.1. The van der Waals surface area contributed by atoms with E-state index in [0.29, 0.717) is 11.3 Å². The minimum Gasteiger partial charge on any atom is -0.493 e. The average molecular weight is 270 g/mol. The van der Waals surface area contributed by atoms with Crippen molar-refractivity contribution in [2.24, 2.45) is 5.92 Å². The predicted octanol–water partition coefficient (Wildman–Crippen LogP) is -0.531. The fourth-order valence-corrected chi connectivity index (χ4v) is 3.03. The standard InChI is InChI=1S/C13H18O6/c1-13(17)4-11-7(5-18-13)12(16)6-2-8(14)9(15)3-10(6)19-11/h6,8-10,14-15,17H,2-5H2,1H3. The Balaban J connectivity index is 1.88. The number of ketones is 1. The Morgan fingerprint density at radius 2 is 1.95 bits per heavy atom. The number of hydrogen-bond acceptors (Lipinski definition) is 6. The summed E-state index contributed by atoms with van der Waals surface area (Å²) < 4.78 is 11.0. The first-order valence-corrected chi connectivity index (χ1v) is 6.53. The van der Waals surface area contributed by atoms with Gasteiger partial charge in [0.25, 0.3) is 0 Å². The van der Waals surface area contributed by atoms with Crippen molar-refractivity contribution in [2.45, 2.75) is 50.3 Å². The highest BCUT2D eigenvalue weighted by Crippen LogP contribution is 2.40. The zero-order valence-electron chi connectivity index (χ0n) is 10.7. The topological polar surface area (TPSA) is 96.2 Å². The Morgan fingerprint density at radius 1 is 1.26 bits per heavy atom. The van der Waals surface area contributed by atoms with Crippen LogP contribution >= 0.6 is 0 Å². The van der Waals surface area contributed by atoms with Crippen molar-refractivity contribution in [3.8, 4) is 0 Å². The van der Waals surface area contributed by atoms with Gasteiger partial charge in [0.1, 0.15) is 11.9 Å². The van der Waals surface area contributed by atoms with Crippen LogP contribution in [0.1, 0.15) is 26.2 Å². The van der Waals surface area contributed by atoms with E-state index in [1.54, 1.807) is 0 Å². The third-order valence-corrected chi connectivity index (χ3v) is 4.14. The van der Waals surface area contributed by atoms with Gasteiger partial charge in [-0.1, -0.05) is 0 Å². The van der Waals surface area contributed by atoms with Gasteiger partial charge >= 0.3 is 0 Å². The fourth-order valence-electron chi connectivity index (χ4n) is 3.03. The summed E-state index contributed by atoms with van der Waals surface area (Å²) in [7, 11) is 0. The van der Waals surface area contributed by atoms with Gasteiger partial charge in [0.2, 0.25) is 0 Å². The summed E-state index contributed by atoms with van der Waals surface area (Å²) >= 11 is 0. The lowest BCUT2D eigenvalue weighted by Crippen LogP contribution is -2.51. The van der Waals surface area contributed by atoms with Crippen LogP contribution in [0.15, 0.2) is 11.3 Å². The maximum atomic E-state index is 12.4. The number of carbonyl (C=O) groups excluding carboxylic acids is 1. The second-order valence-corrected chi connectivity index (χ2v) is 5.78. The summed E-state index contributed by atoms with van der Waals surface area (Å²) in [6.45, 7) is 1.55. The van der Waals surface area contributed by atoms with Crippen LogP contribution in [0.5, 0.6) is 0 Å². The molecular weight excluding hydrogens is 252 g/mol. The van der Waals surface area contributed by atoms with E-state index in [-0.39, 0.29) is 31.7 Å². The van der Waals surface area contributed by atoms with Crippen LogP contribution in [0.25, 0.3) is 0 Å². The number of fused-ring (bicyclic) bond motifs is 1. The largest absolute Gasteiger partial charge is 0.493 e. The van der Waals surface area contributed by atoms with Gasteiger partial charge in [-0.25, -0.2) is 0 Å². The van der Waals surface area contributed by atoms with Gasteiger partial charge in [-0.15, -0.1) is 0 Å². The highest BCUT2D eigenvalue weighted by molar-refractivity contribution is 5.99. The molecule has 3 aliphatic rings. The molecule has 19 heavy (non-hydrogen) atoms. The van der Waals surface area contributed by atoms with Gasteiger partial charge in [0.15, 0.2) is 11.6 Å². The Bertz CT molecular complexity index is 440. The first-order chi connectivity index (χ1) is 8.87. The van der Waals surface area contributed by atoms with Gasteiger partial charge < -0.3 is 24.8 Å². The van der Waals surface area contributed by atoms with Crippen molar-refractivity contribution < 1.29 is 29.6 Å². The Morgan fingerprint density at radius 3 is 2.68 bits per heavy atom. The van der Waals surface area contributed by atoms with E-state index in [1.165, 1.54) is 6.92 Å². The molecule has 0 radical (unpaired) electrons. The minimum atomic E-state index is -1.32. The SMILES string of the molecule is CC1(O)CC2=C(CO1)C(=O)C1CC(O)C(O)CC1O2. The van der Waals surface area contributed by atoms with Crippen LogP contribution in [0.2, 0.25) is 0 Å². The fraction of sp³-hybridized carbons (Fsp3) is 0.769. The summed E-state index contributed by atoms with van der Waals surface area (Å²) in [5.41, 5.74) is 0.455. The molecule has 0 spiro atoms. The molecule has 106 valence electrons. The number of rotatable bonds is 0. The number of aliphatic hydroxyl groups excluding tert-OH is 2. The zero-order chi connectivity index (χ0) is 13.8. The summed E-state index contributed by atoms with van der Waals surface area (Å²) in [6, 6.07) is 0. The van der Waals surface area contributed by atoms with E-state index in [9.17, 15) is 20.1 Å². The molecule has 1 saturated carbocycles. The summed E-state index contributed by atoms with van der Waals surface area (Å²) in [5, 5.41) is 29.2. The van der Waals surface area contributed by atoms with Crippen molar-refractivity contribution in [3.05, 3.63) is 11.3 Å². The van der Waals surface area contributed by atoms with Gasteiger partial charge in [-0.2, -0.15) is 0 Å². The highest BCUT2D eigenvalue weighted by Gasteiger charge is 2.48. The van der Waals surface area contributed by atoms with Gasteiger partial charge in [-0.05, 0) is 13.3 Å². The molecular formula is C13H18O6. The van der Waals surface area contributed by atoms with Crippen LogP contribution in [0.4, 0.5) is 0 Å². The molecule has 3 N–H and O–H groups in total. The van der Waals surface area contributed by atoms with Gasteiger partial charge in [-0.3, -0.25) is 4.79 Å². The number of Topliss-reactive ketones (excluding diaryl/α,β-unsaturated/α-hetero) is 1. The molecule has 3 rings (SSSR count). The van der Waals surface area contributed by atoms with Crippen LogP contribution < -0.4 is 0 Å². The lowest BCUT2D eigenvalue weighted by molar-refractivity contribution is -0.205. The molecule has 6 heteroatoms. The maximum absolute atomic E-state index is 12.4. The number of hydrogen-bond donors (Lipinski definition) is 3. The molecule has 0 bridgehead atoms. The van der Waals surface area contributed by atoms with E-state index < -0.39 is 30.0 Å². The average Bonchev–Trinajstić information content (AvgIpc) is 2.31. The molecule has 0 saturated heterocycles. The van der Waals surface area contributed by atoms with Crippen molar-refractivity contribution in [3.63, 3.8) is 0 Å². The van der Waals surface area contributed by atoms with Crippen molar-refractivity contribution in [1.82, 2.24) is 0 Å². The lowest BCUT2D eigenvalue weighted by Gasteiger charge is -2.43. The molecule has 2 aliphatic heterocycles. The zero-order valence-corrected chi connectivity index (χ0v) is 10.7. The number of aliphatic hydroxyl groups is 3. The van der Waals surface area contributed by atoms with Crippen molar-refractivity contribution in [2.75, 3.05) is 6.61 Å². The van der Waals surface area contributed by atoms with E-state index in [0.717, 1.165) is 0 Å². The molecule has 0 aromatic heterocycles. The van der Waals surface area contributed by atoms with E-state index in [1.807, 2.05) is 0 Å². The number of ether oxygens (including phenoxy) is 2. The second-order valence-electron chi connectivity index (χ2n) is 5.78. The maximum Gasteiger partial charge on any atom is 0.171 e. The van der Waals surface area contributed by atoms with Crippen molar-refractivity contribution in [1.29, 1.82) is 0 Å². The first-order valence-electron chi connectivity index (χ1n) is 6.53. The molecule has 0 aromatic carbocycles. The number of carbonyl (C=O) groups is 1. The molecule has 2 heterocycles. The van der Waals surface area contributed by atoms with E-state index in [2.05, 4.69) is 0 Å². The van der Waals surface area contributed by atoms with Crippen LogP contribution in [-0.4, -0.2) is 51.8 Å². The molecule has 1 aliphatic carbocycles. The van der Waals surface area contributed by atoms with E-state index >= 15 is 0 Å². The molecule has 1 fully saturated rings.